The van der Waals surface area contributed by atoms with Crippen molar-refractivity contribution in [2.45, 2.75) is 26.9 Å². The summed E-state index contributed by atoms with van der Waals surface area (Å²) in [6.07, 6.45) is -0.619. The van der Waals surface area contributed by atoms with Gasteiger partial charge in [0.2, 0.25) is 0 Å². The van der Waals surface area contributed by atoms with E-state index in [2.05, 4.69) is 5.32 Å². The van der Waals surface area contributed by atoms with E-state index in [1.165, 1.54) is 6.07 Å². The fraction of sp³-hybridized carbons (Fsp3) is 0.462. The van der Waals surface area contributed by atoms with E-state index in [4.69, 9.17) is 0 Å². The van der Waals surface area contributed by atoms with Gasteiger partial charge in [0.15, 0.2) is 0 Å². The van der Waals surface area contributed by atoms with Crippen LogP contribution in [-0.4, -0.2) is 23.7 Å². The molecular formula is C13H18FNO2. The fourth-order valence-corrected chi connectivity index (χ4v) is 1.35. The molecule has 1 aromatic rings. The van der Waals surface area contributed by atoms with Crippen LogP contribution in [-0.2, 0) is 0 Å². The van der Waals surface area contributed by atoms with Gasteiger partial charge in [-0.3, -0.25) is 4.79 Å². The van der Waals surface area contributed by atoms with Gasteiger partial charge in [-0.25, -0.2) is 4.39 Å². The summed E-state index contributed by atoms with van der Waals surface area (Å²) in [4.78, 5) is 11.7. The molecule has 0 heterocycles. The maximum atomic E-state index is 13.6. The minimum absolute atomic E-state index is 0.0148. The molecule has 0 fully saturated rings. The number of benzene rings is 1. The lowest BCUT2D eigenvalue weighted by Crippen LogP contribution is -2.35. The third-order valence-electron chi connectivity index (χ3n) is 2.68. The zero-order valence-corrected chi connectivity index (χ0v) is 10.3. The summed E-state index contributed by atoms with van der Waals surface area (Å²) in [5.41, 5.74) is 0.447. The second-order valence-corrected chi connectivity index (χ2v) is 4.46. The molecule has 2 N–H and O–H groups in total. The smallest absolute Gasteiger partial charge is 0.254 e. The van der Waals surface area contributed by atoms with Crippen LogP contribution in [0.25, 0.3) is 0 Å². The van der Waals surface area contributed by atoms with Gasteiger partial charge in [0.1, 0.15) is 5.82 Å². The van der Waals surface area contributed by atoms with Gasteiger partial charge < -0.3 is 10.4 Å². The zero-order valence-electron chi connectivity index (χ0n) is 10.3. The lowest BCUT2D eigenvalue weighted by atomic mass is 10.1. The highest BCUT2D eigenvalue weighted by molar-refractivity contribution is 5.94. The SMILES string of the molecule is Cc1cccc(C(=O)NCC(O)C(C)C)c1F. The Morgan fingerprint density at radius 2 is 2.12 bits per heavy atom. The van der Waals surface area contributed by atoms with Crippen LogP contribution in [0.5, 0.6) is 0 Å². The van der Waals surface area contributed by atoms with Crippen LogP contribution in [0.3, 0.4) is 0 Å². The molecule has 0 aromatic heterocycles. The Labute approximate surface area is 101 Å². The van der Waals surface area contributed by atoms with Gasteiger partial charge >= 0.3 is 0 Å². The summed E-state index contributed by atoms with van der Waals surface area (Å²) < 4.78 is 13.6. The Balaban J connectivity index is 2.68. The van der Waals surface area contributed by atoms with Crippen molar-refractivity contribution >= 4 is 5.91 Å². The molecule has 0 saturated heterocycles. The molecule has 1 unspecified atom stereocenters. The van der Waals surface area contributed by atoms with Crippen LogP contribution in [0.1, 0.15) is 29.8 Å². The van der Waals surface area contributed by atoms with E-state index in [-0.39, 0.29) is 18.0 Å². The Hall–Kier alpha value is -1.42. The quantitative estimate of drug-likeness (QED) is 0.842. The van der Waals surface area contributed by atoms with Crippen LogP contribution in [0.15, 0.2) is 18.2 Å². The predicted molar refractivity (Wildman–Crippen MR) is 64.3 cm³/mol. The number of carbonyl (C=O) groups is 1. The molecule has 0 aliphatic rings. The molecule has 0 spiro atoms. The number of aliphatic hydroxyl groups excluding tert-OH is 1. The maximum absolute atomic E-state index is 13.6. The lowest BCUT2D eigenvalue weighted by molar-refractivity contribution is 0.0868. The highest BCUT2D eigenvalue weighted by Crippen LogP contribution is 2.11. The molecule has 1 amide bonds. The monoisotopic (exact) mass is 239 g/mol. The molecule has 0 aliphatic carbocycles. The first kappa shape index (κ1) is 13.6. The van der Waals surface area contributed by atoms with E-state index < -0.39 is 17.8 Å². The summed E-state index contributed by atoms with van der Waals surface area (Å²) >= 11 is 0. The Bertz CT molecular complexity index is 404. The number of halogens is 1. The first-order valence-corrected chi connectivity index (χ1v) is 5.65. The maximum Gasteiger partial charge on any atom is 0.254 e. The summed E-state index contributed by atoms with van der Waals surface area (Å²) in [6.45, 7) is 5.44. The van der Waals surface area contributed by atoms with E-state index in [1.54, 1.807) is 19.1 Å². The summed E-state index contributed by atoms with van der Waals surface area (Å²) in [7, 11) is 0. The van der Waals surface area contributed by atoms with Gasteiger partial charge in [-0.05, 0) is 24.5 Å². The second kappa shape index (κ2) is 5.77. The zero-order chi connectivity index (χ0) is 13.0. The predicted octanol–water partition coefficient (Wildman–Crippen LogP) is 1.88. The lowest BCUT2D eigenvalue weighted by Gasteiger charge is -2.15. The van der Waals surface area contributed by atoms with E-state index >= 15 is 0 Å². The molecule has 94 valence electrons. The van der Waals surface area contributed by atoms with Gasteiger partial charge in [-0.2, -0.15) is 0 Å². The molecule has 1 rings (SSSR count). The van der Waals surface area contributed by atoms with Crippen molar-refractivity contribution < 1.29 is 14.3 Å². The molecule has 3 nitrogen and oxygen atoms in total. The van der Waals surface area contributed by atoms with Crippen molar-refractivity contribution in [2.75, 3.05) is 6.54 Å². The number of carbonyl (C=O) groups excluding carboxylic acids is 1. The standard InChI is InChI=1S/C13H18FNO2/c1-8(2)11(16)7-15-13(17)10-6-4-5-9(3)12(10)14/h4-6,8,11,16H,7H2,1-3H3,(H,15,17). The molecule has 17 heavy (non-hydrogen) atoms. The topological polar surface area (TPSA) is 49.3 Å². The van der Waals surface area contributed by atoms with E-state index in [0.29, 0.717) is 5.56 Å². The van der Waals surface area contributed by atoms with E-state index in [0.717, 1.165) is 0 Å². The van der Waals surface area contributed by atoms with Crippen LogP contribution in [0.2, 0.25) is 0 Å². The normalized spacial score (nSPS) is 12.6. The third-order valence-corrected chi connectivity index (χ3v) is 2.68. The minimum atomic E-state index is -0.619. The summed E-state index contributed by atoms with van der Waals surface area (Å²) in [5, 5.41) is 12.1. The third kappa shape index (κ3) is 3.53. The first-order valence-electron chi connectivity index (χ1n) is 5.65. The Morgan fingerprint density at radius 3 is 2.71 bits per heavy atom. The first-order chi connectivity index (χ1) is 7.93. The molecule has 0 bridgehead atoms. The van der Waals surface area contributed by atoms with Crippen molar-refractivity contribution in [2.24, 2.45) is 5.92 Å². The van der Waals surface area contributed by atoms with Crippen molar-refractivity contribution in [3.8, 4) is 0 Å². The molecule has 4 heteroatoms. The summed E-state index contributed by atoms with van der Waals surface area (Å²) in [6, 6.07) is 4.67. The van der Waals surface area contributed by atoms with Crippen molar-refractivity contribution in [1.82, 2.24) is 5.32 Å². The Morgan fingerprint density at radius 1 is 1.47 bits per heavy atom. The van der Waals surface area contributed by atoms with Crippen molar-refractivity contribution in [1.29, 1.82) is 0 Å². The van der Waals surface area contributed by atoms with Gasteiger partial charge in [-0.15, -0.1) is 0 Å². The van der Waals surface area contributed by atoms with Crippen LogP contribution in [0.4, 0.5) is 4.39 Å². The van der Waals surface area contributed by atoms with Gasteiger partial charge in [0.25, 0.3) is 5.91 Å². The van der Waals surface area contributed by atoms with Gasteiger partial charge in [0, 0.05) is 6.54 Å². The number of amides is 1. The van der Waals surface area contributed by atoms with Crippen molar-refractivity contribution in [3.63, 3.8) is 0 Å². The number of aliphatic hydroxyl groups is 1. The van der Waals surface area contributed by atoms with Crippen molar-refractivity contribution in [3.05, 3.63) is 35.1 Å². The molecular weight excluding hydrogens is 221 g/mol. The highest BCUT2D eigenvalue weighted by Gasteiger charge is 2.15. The molecule has 0 saturated carbocycles. The Kier molecular flexibility index (Phi) is 4.63. The highest BCUT2D eigenvalue weighted by atomic mass is 19.1. The average molecular weight is 239 g/mol. The van der Waals surface area contributed by atoms with Crippen LogP contribution < -0.4 is 5.32 Å². The van der Waals surface area contributed by atoms with E-state index in [9.17, 15) is 14.3 Å². The largest absolute Gasteiger partial charge is 0.391 e. The molecule has 1 atom stereocenters. The van der Waals surface area contributed by atoms with E-state index in [1.807, 2.05) is 13.8 Å². The number of hydrogen-bond acceptors (Lipinski definition) is 2. The van der Waals surface area contributed by atoms with Gasteiger partial charge in [0.05, 0.1) is 11.7 Å². The van der Waals surface area contributed by atoms with Gasteiger partial charge in [-0.1, -0.05) is 26.0 Å². The number of rotatable bonds is 4. The number of hydrogen-bond donors (Lipinski definition) is 2. The van der Waals surface area contributed by atoms with Crippen LogP contribution in [0, 0.1) is 18.7 Å². The number of aryl methyl sites for hydroxylation is 1. The van der Waals surface area contributed by atoms with Crippen LogP contribution >= 0.6 is 0 Å². The number of nitrogens with one attached hydrogen (secondary N) is 1. The molecule has 0 radical (unpaired) electrons. The fourth-order valence-electron chi connectivity index (χ4n) is 1.35. The minimum Gasteiger partial charge on any atom is -0.391 e. The second-order valence-electron chi connectivity index (χ2n) is 4.46. The average Bonchev–Trinajstić information content (AvgIpc) is 2.29. The summed E-state index contributed by atoms with van der Waals surface area (Å²) in [5.74, 6) is -0.951. The molecule has 1 aromatic carbocycles. The molecule has 0 aliphatic heterocycles.